The maximum absolute atomic E-state index is 14.3. The summed E-state index contributed by atoms with van der Waals surface area (Å²) >= 11 is 0. The van der Waals surface area contributed by atoms with Crippen LogP contribution >= 0.6 is 0 Å². The molecule has 3 aromatic heterocycles. The molecule has 0 aliphatic carbocycles. The molecule has 0 unspecified atom stereocenters. The third-order valence-corrected chi connectivity index (χ3v) is 8.20. The molecule has 2 atom stereocenters. The number of ether oxygens (including phenoxy) is 1. The first-order valence-electron chi connectivity index (χ1n) is 14.2. The lowest BCUT2D eigenvalue weighted by Crippen LogP contribution is -2.28. The largest absolute Gasteiger partial charge is 0.381 e. The summed E-state index contributed by atoms with van der Waals surface area (Å²) in [6.45, 7) is 3.98. The fourth-order valence-corrected chi connectivity index (χ4v) is 6.13. The fraction of sp³-hybridized carbons (Fsp3) is 0.312. The van der Waals surface area contributed by atoms with Crippen LogP contribution in [0.5, 0.6) is 0 Å². The average molecular weight is 550 g/mol. The van der Waals surface area contributed by atoms with E-state index >= 15 is 0 Å². The van der Waals surface area contributed by atoms with Gasteiger partial charge in [0.2, 0.25) is 5.95 Å². The summed E-state index contributed by atoms with van der Waals surface area (Å²) in [5.74, 6) is 1.46. The molecule has 2 aliphatic rings. The first-order valence-corrected chi connectivity index (χ1v) is 14.2. The Morgan fingerprint density at radius 2 is 1.76 bits per heavy atom. The predicted octanol–water partition coefficient (Wildman–Crippen LogP) is 5.30. The fourth-order valence-electron chi connectivity index (χ4n) is 6.13. The van der Waals surface area contributed by atoms with Gasteiger partial charge in [-0.2, -0.15) is 0 Å². The maximum atomic E-state index is 14.3. The monoisotopic (exact) mass is 549 g/mol. The molecule has 0 saturated carbocycles. The zero-order chi connectivity index (χ0) is 27.6. The Morgan fingerprint density at radius 3 is 2.61 bits per heavy atom. The number of likely N-dealkylation sites (tertiary alicyclic amines) is 1. The molecule has 1 N–H and O–H groups in total. The normalized spacial score (nSPS) is 20.0. The Labute approximate surface area is 238 Å². The SMILES string of the molecule is Fc1cccc([C@@H]2CN(Cc3ccccc3)C[C@H]2c2nnc3cc(-c4ccnc(NC5CCOCC5)n4)ccn23)c1. The van der Waals surface area contributed by atoms with Crippen molar-refractivity contribution in [2.75, 3.05) is 31.6 Å². The van der Waals surface area contributed by atoms with Crippen LogP contribution in [0.3, 0.4) is 0 Å². The number of rotatable bonds is 7. The number of pyridine rings is 1. The third-order valence-electron chi connectivity index (χ3n) is 8.20. The molecule has 8 nitrogen and oxygen atoms in total. The van der Waals surface area contributed by atoms with E-state index < -0.39 is 0 Å². The summed E-state index contributed by atoms with van der Waals surface area (Å²) in [7, 11) is 0. The highest BCUT2D eigenvalue weighted by molar-refractivity contribution is 5.64. The van der Waals surface area contributed by atoms with Crippen molar-refractivity contribution in [3.05, 3.63) is 108 Å². The van der Waals surface area contributed by atoms with E-state index in [1.807, 2.05) is 36.5 Å². The highest BCUT2D eigenvalue weighted by atomic mass is 19.1. The van der Waals surface area contributed by atoms with Gasteiger partial charge in [0.05, 0.1) is 5.69 Å². The number of nitrogens with zero attached hydrogens (tertiary/aromatic N) is 6. The zero-order valence-electron chi connectivity index (χ0n) is 22.7. The van der Waals surface area contributed by atoms with Crippen LogP contribution in [-0.2, 0) is 11.3 Å². The molecule has 2 saturated heterocycles. The van der Waals surface area contributed by atoms with Crippen molar-refractivity contribution < 1.29 is 9.13 Å². The van der Waals surface area contributed by atoms with Crippen molar-refractivity contribution in [2.45, 2.75) is 37.3 Å². The van der Waals surface area contributed by atoms with Gasteiger partial charge < -0.3 is 10.1 Å². The van der Waals surface area contributed by atoms with Gasteiger partial charge in [-0.15, -0.1) is 10.2 Å². The smallest absolute Gasteiger partial charge is 0.223 e. The first-order chi connectivity index (χ1) is 20.2. The summed E-state index contributed by atoms with van der Waals surface area (Å²) in [4.78, 5) is 11.6. The highest BCUT2D eigenvalue weighted by Gasteiger charge is 2.37. The zero-order valence-corrected chi connectivity index (χ0v) is 22.7. The maximum Gasteiger partial charge on any atom is 0.223 e. The van der Waals surface area contributed by atoms with Crippen molar-refractivity contribution >= 4 is 11.6 Å². The molecule has 0 bridgehead atoms. The Hall–Kier alpha value is -4.21. The molecule has 2 fully saturated rings. The van der Waals surface area contributed by atoms with Crippen molar-refractivity contribution in [1.29, 1.82) is 0 Å². The van der Waals surface area contributed by atoms with Gasteiger partial charge in [-0.25, -0.2) is 14.4 Å². The summed E-state index contributed by atoms with van der Waals surface area (Å²) in [6, 6.07) is 23.7. The molecule has 0 amide bonds. The molecule has 2 aromatic carbocycles. The Bertz CT molecular complexity index is 1640. The van der Waals surface area contributed by atoms with Gasteiger partial charge in [-0.05, 0) is 54.3 Å². The van der Waals surface area contributed by atoms with E-state index in [0.29, 0.717) is 12.0 Å². The Balaban J connectivity index is 1.17. The van der Waals surface area contributed by atoms with Crippen LogP contribution < -0.4 is 5.32 Å². The van der Waals surface area contributed by atoms with Crippen molar-refractivity contribution in [3.63, 3.8) is 0 Å². The second-order valence-corrected chi connectivity index (χ2v) is 10.9. The number of benzene rings is 2. The number of aromatic nitrogens is 5. The van der Waals surface area contributed by atoms with E-state index in [1.54, 1.807) is 18.3 Å². The molecule has 208 valence electrons. The van der Waals surface area contributed by atoms with Gasteiger partial charge in [0, 0.05) is 68.7 Å². The second-order valence-electron chi connectivity index (χ2n) is 10.9. The number of hydrogen-bond donors (Lipinski definition) is 1. The van der Waals surface area contributed by atoms with Crippen molar-refractivity contribution in [3.8, 4) is 11.3 Å². The molecule has 41 heavy (non-hydrogen) atoms. The quantitative estimate of drug-likeness (QED) is 0.295. The number of anilines is 1. The van der Waals surface area contributed by atoms with Crippen LogP contribution in [0.15, 0.2) is 85.2 Å². The summed E-state index contributed by atoms with van der Waals surface area (Å²) in [6.07, 6.45) is 5.70. The minimum absolute atomic E-state index is 0.0655. The average Bonchev–Trinajstić information content (AvgIpc) is 3.62. The van der Waals surface area contributed by atoms with E-state index in [9.17, 15) is 4.39 Å². The van der Waals surface area contributed by atoms with Gasteiger partial charge in [0.25, 0.3) is 0 Å². The van der Waals surface area contributed by atoms with Crippen LogP contribution in [0.25, 0.3) is 16.9 Å². The molecule has 5 aromatic rings. The van der Waals surface area contributed by atoms with Gasteiger partial charge in [-0.1, -0.05) is 42.5 Å². The molecule has 2 aliphatic heterocycles. The predicted molar refractivity (Wildman–Crippen MR) is 155 cm³/mol. The number of halogens is 1. The number of nitrogens with one attached hydrogen (secondary N) is 1. The van der Waals surface area contributed by atoms with Crippen LogP contribution in [0, 0.1) is 5.82 Å². The van der Waals surface area contributed by atoms with Crippen LogP contribution in [-0.4, -0.2) is 61.8 Å². The topological polar surface area (TPSA) is 80.5 Å². The highest BCUT2D eigenvalue weighted by Crippen LogP contribution is 2.40. The van der Waals surface area contributed by atoms with Gasteiger partial charge >= 0.3 is 0 Å². The summed E-state index contributed by atoms with van der Waals surface area (Å²) in [5.41, 5.74) is 4.79. The minimum Gasteiger partial charge on any atom is -0.381 e. The van der Waals surface area contributed by atoms with Gasteiger partial charge in [-0.3, -0.25) is 9.30 Å². The van der Waals surface area contributed by atoms with Crippen LogP contribution in [0.2, 0.25) is 0 Å². The van der Waals surface area contributed by atoms with E-state index in [-0.39, 0.29) is 17.7 Å². The lowest BCUT2D eigenvalue weighted by atomic mass is 9.88. The van der Waals surface area contributed by atoms with Crippen molar-refractivity contribution in [2.24, 2.45) is 0 Å². The molecule has 5 heterocycles. The van der Waals surface area contributed by atoms with E-state index in [1.165, 1.54) is 11.6 Å². The number of hydrogen-bond acceptors (Lipinski definition) is 7. The molecule has 9 heteroatoms. The molecule has 7 rings (SSSR count). The van der Waals surface area contributed by atoms with Gasteiger partial charge in [0.1, 0.15) is 11.6 Å². The number of fused-ring (bicyclic) bond motifs is 1. The minimum atomic E-state index is -0.214. The van der Waals surface area contributed by atoms with Crippen molar-refractivity contribution in [1.82, 2.24) is 29.5 Å². The Kier molecular flexibility index (Phi) is 7.12. The molecular formula is C32H32FN7O. The summed E-state index contributed by atoms with van der Waals surface area (Å²) < 4.78 is 21.8. The lowest BCUT2D eigenvalue weighted by molar-refractivity contribution is 0.0903. The molecule has 0 radical (unpaired) electrons. The van der Waals surface area contributed by atoms with E-state index in [2.05, 4.69) is 54.1 Å². The van der Waals surface area contributed by atoms with E-state index in [0.717, 1.165) is 74.0 Å². The Morgan fingerprint density at radius 1 is 0.902 bits per heavy atom. The standard InChI is InChI=1S/C32H32FN7O/c33-25-8-4-7-23(17-25)27-20-39(19-22-5-2-1-3-6-22)21-28(27)31-38-37-30-18-24(10-14-40(30)31)29-9-13-34-32(36-29)35-26-11-15-41-16-12-26/h1-10,13-14,17-18,26-28H,11-12,15-16,19-21H2,(H,34,35,36)/t27-,28+/m0/s1. The molecular weight excluding hydrogens is 517 g/mol. The van der Waals surface area contributed by atoms with Gasteiger partial charge in [0.15, 0.2) is 5.65 Å². The first kappa shape index (κ1) is 25.7. The van der Waals surface area contributed by atoms with Crippen LogP contribution in [0.1, 0.15) is 41.6 Å². The van der Waals surface area contributed by atoms with E-state index in [4.69, 9.17) is 9.72 Å². The third kappa shape index (κ3) is 5.55. The lowest BCUT2D eigenvalue weighted by Gasteiger charge is -2.23. The summed E-state index contributed by atoms with van der Waals surface area (Å²) in [5, 5.41) is 12.7. The van der Waals surface area contributed by atoms with Crippen LogP contribution in [0.4, 0.5) is 10.3 Å². The second kappa shape index (κ2) is 11.3. The molecule has 0 spiro atoms.